The summed E-state index contributed by atoms with van der Waals surface area (Å²) in [6, 6.07) is 2.66. The lowest BCUT2D eigenvalue weighted by molar-refractivity contribution is 0.120. The number of rotatable bonds is 4. The standard InChI is InChI=1S/C15H26N2O/c1-15(2,3)11-14(18)10-12-8-9-17(16-12)13-6-4-5-7-13/h8-9,13-14,18H,4-7,10-11H2,1-3H3. The number of aliphatic hydroxyl groups excluding tert-OH is 1. The second kappa shape index (κ2) is 5.43. The Morgan fingerprint density at radius 2 is 2.06 bits per heavy atom. The van der Waals surface area contributed by atoms with Gasteiger partial charge in [0.25, 0.3) is 0 Å². The molecule has 1 aliphatic carbocycles. The average molecular weight is 250 g/mol. The second-order valence-corrected chi connectivity index (χ2v) is 6.85. The molecule has 1 aromatic heterocycles. The van der Waals surface area contributed by atoms with Crippen molar-refractivity contribution in [2.45, 2.75) is 71.4 Å². The Kier molecular flexibility index (Phi) is 4.10. The molecule has 1 unspecified atom stereocenters. The van der Waals surface area contributed by atoms with Crippen molar-refractivity contribution in [2.24, 2.45) is 5.41 Å². The van der Waals surface area contributed by atoms with Crippen molar-refractivity contribution >= 4 is 0 Å². The molecule has 3 heteroatoms. The Hall–Kier alpha value is -0.830. The normalized spacial score (nSPS) is 19.3. The molecule has 1 saturated carbocycles. The quantitative estimate of drug-likeness (QED) is 0.890. The van der Waals surface area contributed by atoms with Gasteiger partial charge in [0.1, 0.15) is 0 Å². The van der Waals surface area contributed by atoms with Gasteiger partial charge in [-0.3, -0.25) is 4.68 Å². The van der Waals surface area contributed by atoms with Gasteiger partial charge >= 0.3 is 0 Å². The molecular formula is C15H26N2O. The number of aliphatic hydroxyl groups is 1. The largest absolute Gasteiger partial charge is 0.393 e. The molecule has 0 bridgehead atoms. The van der Waals surface area contributed by atoms with Crippen LogP contribution in [0.25, 0.3) is 0 Å². The van der Waals surface area contributed by atoms with Crippen LogP contribution in [0.5, 0.6) is 0 Å². The second-order valence-electron chi connectivity index (χ2n) is 6.85. The maximum absolute atomic E-state index is 10.1. The minimum absolute atomic E-state index is 0.174. The van der Waals surface area contributed by atoms with Crippen LogP contribution < -0.4 is 0 Å². The van der Waals surface area contributed by atoms with Gasteiger partial charge in [-0.25, -0.2) is 0 Å². The maximum Gasteiger partial charge on any atom is 0.0650 e. The highest BCUT2D eigenvalue weighted by Crippen LogP contribution is 2.29. The first-order valence-corrected chi connectivity index (χ1v) is 7.16. The van der Waals surface area contributed by atoms with E-state index in [9.17, 15) is 5.11 Å². The average Bonchev–Trinajstić information content (AvgIpc) is 2.82. The summed E-state index contributed by atoms with van der Waals surface area (Å²) in [6.45, 7) is 6.48. The van der Waals surface area contributed by atoms with Crippen LogP contribution in [0.4, 0.5) is 0 Å². The lowest BCUT2D eigenvalue weighted by atomic mass is 9.88. The zero-order valence-corrected chi connectivity index (χ0v) is 11.9. The molecule has 18 heavy (non-hydrogen) atoms. The van der Waals surface area contributed by atoms with E-state index in [0.717, 1.165) is 12.1 Å². The molecule has 1 heterocycles. The fraction of sp³-hybridized carbons (Fsp3) is 0.800. The molecular weight excluding hydrogens is 224 g/mol. The zero-order valence-electron chi connectivity index (χ0n) is 11.9. The van der Waals surface area contributed by atoms with E-state index in [0.29, 0.717) is 12.5 Å². The molecule has 0 radical (unpaired) electrons. The minimum atomic E-state index is -0.281. The third-order valence-corrected chi connectivity index (χ3v) is 3.66. The molecule has 3 nitrogen and oxygen atoms in total. The highest BCUT2D eigenvalue weighted by atomic mass is 16.3. The monoisotopic (exact) mass is 250 g/mol. The molecule has 1 atom stereocenters. The summed E-state index contributed by atoms with van der Waals surface area (Å²) in [5, 5.41) is 14.7. The Balaban J connectivity index is 1.90. The Morgan fingerprint density at radius 1 is 1.39 bits per heavy atom. The van der Waals surface area contributed by atoms with Crippen molar-refractivity contribution in [1.82, 2.24) is 9.78 Å². The molecule has 1 fully saturated rings. The van der Waals surface area contributed by atoms with Crippen molar-refractivity contribution in [2.75, 3.05) is 0 Å². The lowest BCUT2D eigenvalue weighted by Crippen LogP contribution is -2.20. The number of nitrogens with zero attached hydrogens (tertiary/aromatic N) is 2. The van der Waals surface area contributed by atoms with E-state index in [1.807, 2.05) is 0 Å². The summed E-state index contributed by atoms with van der Waals surface area (Å²) in [4.78, 5) is 0. The van der Waals surface area contributed by atoms with Gasteiger partial charge < -0.3 is 5.11 Å². The third-order valence-electron chi connectivity index (χ3n) is 3.66. The van der Waals surface area contributed by atoms with Gasteiger partial charge in [0, 0.05) is 12.6 Å². The highest BCUT2D eigenvalue weighted by molar-refractivity contribution is 5.02. The Labute approximate surface area is 110 Å². The van der Waals surface area contributed by atoms with Crippen LogP contribution in [0.2, 0.25) is 0 Å². The fourth-order valence-corrected chi connectivity index (χ4v) is 2.88. The Bertz CT molecular complexity index is 372. The van der Waals surface area contributed by atoms with E-state index < -0.39 is 0 Å². The van der Waals surface area contributed by atoms with Crippen LogP contribution in [0.1, 0.15) is 64.6 Å². The molecule has 0 spiro atoms. The van der Waals surface area contributed by atoms with Gasteiger partial charge in [0.15, 0.2) is 0 Å². The van der Waals surface area contributed by atoms with Crippen molar-refractivity contribution in [1.29, 1.82) is 0 Å². The summed E-state index contributed by atoms with van der Waals surface area (Å²) in [6.07, 6.45) is 8.46. The van der Waals surface area contributed by atoms with E-state index >= 15 is 0 Å². The molecule has 1 aliphatic rings. The van der Waals surface area contributed by atoms with Crippen molar-refractivity contribution in [3.8, 4) is 0 Å². The van der Waals surface area contributed by atoms with Crippen molar-refractivity contribution < 1.29 is 5.11 Å². The molecule has 102 valence electrons. The van der Waals surface area contributed by atoms with Gasteiger partial charge in [-0.2, -0.15) is 5.10 Å². The predicted molar refractivity (Wildman–Crippen MR) is 73.5 cm³/mol. The summed E-state index contributed by atoms with van der Waals surface area (Å²) in [5.74, 6) is 0. The molecule has 2 rings (SSSR count). The van der Waals surface area contributed by atoms with E-state index in [-0.39, 0.29) is 11.5 Å². The molecule has 1 N–H and O–H groups in total. The van der Waals surface area contributed by atoms with E-state index in [1.54, 1.807) is 0 Å². The van der Waals surface area contributed by atoms with Crippen molar-refractivity contribution in [3.63, 3.8) is 0 Å². The first kappa shape index (κ1) is 13.6. The van der Waals surface area contributed by atoms with Crippen LogP contribution in [0.15, 0.2) is 12.3 Å². The minimum Gasteiger partial charge on any atom is -0.393 e. The zero-order chi connectivity index (χ0) is 13.2. The van der Waals surface area contributed by atoms with Crippen molar-refractivity contribution in [3.05, 3.63) is 18.0 Å². The van der Waals surface area contributed by atoms with Crippen LogP contribution in [0, 0.1) is 5.41 Å². The van der Waals surface area contributed by atoms with Gasteiger partial charge in [-0.15, -0.1) is 0 Å². The SMILES string of the molecule is CC(C)(C)CC(O)Cc1ccn(C2CCCC2)n1. The smallest absolute Gasteiger partial charge is 0.0650 e. The van der Waals surface area contributed by atoms with E-state index in [2.05, 4.69) is 42.8 Å². The molecule has 1 aromatic rings. The summed E-state index contributed by atoms with van der Waals surface area (Å²) in [5.41, 5.74) is 1.20. The van der Waals surface area contributed by atoms with E-state index in [4.69, 9.17) is 0 Å². The van der Waals surface area contributed by atoms with Gasteiger partial charge in [0.05, 0.1) is 17.8 Å². The topological polar surface area (TPSA) is 38.0 Å². The molecule has 0 aliphatic heterocycles. The van der Waals surface area contributed by atoms with Gasteiger partial charge in [-0.05, 0) is 30.7 Å². The number of hydrogen-bond acceptors (Lipinski definition) is 2. The predicted octanol–water partition coefficient (Wildman–Crippen LogP) is 3.34. The third kappa shape index (κ3) is 3.84. The van der Waals surface area contributed by atoms with Crippen LogP contribution in [-0.2, 0) is 6.42 Å². The Morgan fingerprint density at radius 3 is 2.67 bits per heavy atom. The number of aromatic nitrogens is 2. The highest BCUT2D eigenvalue weighted by Gasteiger charge is 2.20. The molecule has 0 aromatic carbocycles. The lowest BCUT2D eigenvalue weighted by Gasteiger charge is -2.21. The van der Waals surface area contributed by atoms with E-state index in [1.165, 1.54) is 25.7 Å². The van der Waals surface area contributed by atoms with Gasteiger partial charge in [0.2, 0.25) is 0 Å². The van der Waals surface area contributed by atoms with Crippen LogP contribution >= 0.6 is 0 Å². The van der Waals surface area contributed by atoms with Crippen LogP contribution in [0.3, 0.4) is 0 Å². The van der Waals surface area contributed by atoms with Crippen LogP contribution in [-0.4, -0.2) is 21.0 Å². The maximum atomic E-state index is 10.1. The first-order valence-electron chi connectivity index (χ1n) is 7.16. The molecule has 0 saturated heterocycles. The first-order chi connectivity index (χ1) is 8.44. The molecule has 0 amide bonds. The fourth-order valence-electron chi connectivity index (χ4n) is 2.88. The summed E-state index contributed by atoms with van der Waals surface area (Å²) in [7, 11) is 0. The number of hydrogen-bond donors (Lipinski definition) is 1. The summed E-state index contributed by atoms with van der Waals surface area (Å²) < 4.78 is 2.10. The van der Waals surface area contributed by atoms with Gasteiger partial charge in [-0.1, -0.05) is 33.6 Å². The summed E-state index contributed by atoms with van der Waals surface area (Å²) >= 11 is 0.